The molecule has 1 aliphatic rings. The van der Waals surface area contributed by atoms with Gasteiger partial charge in [-0.15, -0.1) is 0 Å². The van der Waals surface area contributed by atoms with E-state index in [0.29, 0.717) is 6.42 Å². The van der Waals surface area contributed by atoms with Crippen molar-refractivity contribution < 1.29 is 4.79 Å². The van der Waals surface area contributed by atoms with Gasteiger partial charge < -0.3 is 0 Å². The Bertz CT molecular complexity index is 563. The third kappa shape index (κ3) is 1.94. The summed E-state index contributed by atoms with van der Waals surface area (Å²) in [6.07, 6.45) is 3.61. The summed E-state index contributed by atoms with van der Waals surface area (Å²) in [5.41, 5.74) is 2.63. The summed E-state index contributed by atoms with van der Waals surface area (Å²) in [5, 5.41) is 3.99. The average molecular weight is 241 g/mol. The van der Waals surface area contributed by atoms with E-state index in [-0.39, 0.29) is 11.7 Å². The number of aromatic nitrogens is 3. The van der Waals surface area contributed by atoms with Gasteiger partial charge in [0.05, 0.1) is 6.42 Å². The smallest absolute Gasteiger partial charge is 0.144 e. The van der Waals surface area contributed by atoms with Crippen molar-refractivity contribution in [1.29, 1.82) is 0 Å². The van der Waals surface area contributed by atoms with Crippen molar-refractivity contribution in [2.24, 2.45) is 13.0 Å². The van der Waals surface area contributed by atoms with Crippen molar-refractivity contribution >= 4 is 5.78 Å². The second-order valence-corrected chi connectivity index (χ2v) is 4.82. The molecule has 4 nitrogen and oxygen atoms in total. The van der Waals surface area contributed by atoms with E-state index in [4.69, 9.17) is 0 Å². The predicted molar refractivity (Wildman–Crippen MR) is 67.1 cm³/mol. The molecule has 18 heavy (non-hydrogen) atoms. The van der Waals surface area contributed by atoms with Crippen LogP contribution in [0.1, 0.15) is 17.0 Å². The van der Waals surface area contributed by atoms with Crippen LogP contribution in [-0.4, -0.2) is 20.5 Å². The fourth-order valence-electron chi connectivity index (χ4n) is 2.57. The summed E-state index contributed by atoms with van der Waals surface area (Å²) in [6.45, 7) is 0. The normalized spacial score (nSPS) is 14.7. The molecule has 3 rings (SSSR count). The molecule has 0 saturated heterocycles. The van der Waals surface area contributed by atoms with Gasteiger partial charge in [-0.3, -0.25) is 9.48 Å². The molecular formula is C14H15N3O. The quantitative estimate of drug-likeness (QED) is 0.814. The molecule has 92 valence electrons. The number of hydrogen-bond donors (Lipinski definition) is 0. The van der Waals surface area contributed by atoms with Crippen molar-refractivity contribution in [1.82, 2.24) is 14.8 Å². The maximum absolute atomic E-state index is 12.3. The predicted octanol–water partition coefficient (Wildman–Crippen LogP) is 1.34. The van der Waals surface area contributed by atoms with Crippen molar-refractivity contribution in [3.8, 4) is 0 Å². The Kier molecular flexibility index (Phi) is 2.70. The number of benzene rings is 1. The van der Waals surface area contributed by atoms with Gasteiger partial charge in [0.2, 0.25) is 0 Å². The summed E-state index contributed by atoms with van der Waals surface area (Å²) in [7, 11) is 1.82. The minimum atomic E-state index is 0.110. The first-order chi connectivity index (χ1) is 8.74. The van der Waals surface area contributed by atoms with Crippen molar-refractivity contribution in [2.45, 2.75) is 19.3 Å². The molecule has 0 saturated carbocycles. The fourth-order valence-corrected chi connectivity index (χ4v) is 2.57. The van der Waals surface area contributed by atoms with Crippen LogP contribution in [0.15, 0.2) is 30.6 Å². The maximum atomic E-state index is 12.3. The van der Waals surface area contributed by atoms with Gasteiger partial charge in [-0.05, 0) is 24.0 Å². The van der Waals surface area contributed by atoms with E-state index in [9.17, 15) is 4.79 Å². The molecule has 0 spiro atoms. The molecule has 2 aromatic rings. The number of fused-ring (bicyclic) bond motifs is 1. The van der Waals surface area contributed by atoms with E-state index < -0.39 is 0 Å². The average Bonchev–Trinajstić information content (AvgIpc) is 2.96. The Hall–Kier alpha value is -1.97. The number of carbonyl (C=O) groups excluding carboxylic acids is 1. The van der Waals surface area contributed by atoms with Crippen molar-refractivity contribution in [2.75, 3.05) is 0 Å². The molecule has 0 amide bonds. The number of ketones is 1. The number of carbonyl (C=O) groups is 1. The van der Waals surface area contributed by atoms with Gasteiger partial charge in [-0.1, -0.05) is 24.3 Å². The number of nitrogens with zero attached hydrogens (tertiary/aromatic N) is 3. The van der Waals surface area contributed by atoms with Gasteiger partial charge in [-0.2, -0.15) is 5.10 Å². The lowest BCUT2D eigenvalue weighted by atomic mass is 9.98. The van der Waals surface area contributed by atoms with E-state index in [1.165, 1.54) is 17.5 Å². The minimum absolute atomic E-state index is 0.110. The summed E-state index contributed by atoms with van der Waals surface area (Å²) in [5.74, 6) is 1.12. The lowest BCUT2D eigenvalue weighted by Gasteiger charge is -2.07. The van der Waals surface area contributed by atoms with Crippen molar-refractivity contribution in [3.63, 3.8) is 0 Å². The number of Topliss-reactive ketones (excluding diaryl/α,β-unsaturated/α-hetero) is 1. The summed E-state index contributed by atoms with van der Waals surface area (Å²) >= 11 is 0. The van der Waals surface area contributed by atoms with E-state index in [1.54, 1.807) is 4.68 Å². The van der Waals surface area contributed by atoms with Gasteiger partial charge in [0.1, 0.15) is 17.9 Å². The highest BCUT2D eigenvalue weighted by Crippen LogP contribution is 2.27. The molecule has 1 aliphatic carbocycles. The van der Waals surface area contributed by atoms with Crippen LogP contribution in [0, 0.1) is 5.92 Å². The number of rotatable bonds is 3. The minimum Gasteiger partial charge on any atom is -0.299 e. The van der Waals surface area contributed by atoms with Crippen LogP contribution in [0.4, 0.5) is 0 Å². The van der Waals surface area contributed by atoms with Crippen molar-refractivity contribution in [3.05, 3.63) is 47.5 Å². The van der Waals surface area contributed by atoms with Crippen LogP contribution in [-0.2, 0) is 31.1 Å². The van der Waals surface area contributed by atoms with Gasteiger partial charge in [0, 0.05) is 13.0 Å². The van der Waals surface area contributed by atoms with E-state index in [2.05, 4.69) is 22.2 Å². The van der Waals surface area contributed by atoms with Gasteiger partial charge in [-0.25, -0.2) is 4.98 Å². The zero-order valence-corrected chi connectivity index (χ0v) is 10.3. The van der Waals surface area contributed by atoms with Crippen LogP contribution < -0.4 is 0 Å². The van der Waals surface area contributed by atoms with Crippen LogP contribution in [0.2, 0.25) is 0 Å². The van der Waals surface area contributed by atoms with Crippen LogP contribution >= 0.6 is 0 Å². The molecular weight excluding hydrogens is 226 g/mol. The van der Waals surface area contributed by atoms with Crippen LogP contribution in [0.3, 0.4) is 0 Å². The molecule has 1 aromatic heterocycles. The molecule has 0 unspecified atom stereocenters. The van der Waals surface area contributed by atoms with E-state index in [0.717, 1.165) is 18.7 Å². The lowest BCUT2D eigenvalue weighted by molar-refractivity contribution is -0.122. The molecule has 0 atom stereocenters. The molecule has 0 fully saturated rings. The highest BCUT2D eigenvalue weighted by molar-refractivity contribution is 5.84. The first-order valence-corrected chi connectivity index (χ1v) is 6.16. The molecule has 0 bridgehead atoms. The monoisotopic (exact) mass is 241 g/mol. The molecule has 1 heterocycles. The zero-order chi connectivity index (χ0) is 12.5. The summed E-state index contributed by atoms with van der Waals surface area (Å²) in [6, 6.07) is 8.30. The second-order valence-electron chi connectivity index (χ2n) is 4.82. The largest absolute Gasteiger partial charge is 0.299 e. The Labute approximate surface area is 106 Å². The highest BCUT2D eigenvalue weighted by atomic mass is 16.1. The Morgan fingerprint density at radius 1 is 1.33 bits per heavy atom. The molecule has 0 radical (unpaired) electrons. The Morgan fingerprint density at radius 2 is 2.00 bits per heavy atom. The molecule has 0 N–H and O–H groups in total. The summed E-state index contributed by atoms with van der Waals surface area (Å²) in [4.78, 5) is 16.4. The third-order valence-corrected chi connectivity index (χ3v) is 3.64. The maximum Gasteiger partial charge on any atom is 0.144 e. The number of hydrogen-bond acceptors (Lipinski definition) is 3. The molecule has 0 aliphatic heterocycles. The fraction of sp³-hybridized carbons (Fsp3) is 0.357. The van der Waals surface area contributed by atoms with Gasteiger partial charge in [0.15, 0.2) is 0 Å². The van der Waals surface area contributed by atoms with Crippen LogP contribution in [0.5, 0.6) is 0 Å². The van der Waals surface area contributed by atoms with Gasteiger partial charge >= 0.3 is 0 Å². The first kappa shape index (κ1) is 11.1. The number of aryl methyl sites for hydroxylation is 1. The van der Waals surface area contributed by atoms with Crippen LogP contribution in [0.25, 0.3) is 0 Å². The zero-order valence-electron chi connectivity index (χ0n) is 10.3. The first-order valence-electron chi connectivity index (χ1n) is 6.16. The third-order valence-electron chi connectivity index (χ3n) is 3.64. The second kappa shape index (κ2) is 4.37. The standard InChI is InChI=1S/C14H15N3O/c1-17-14(15-9-16-17)8-13(18)12-6-10-4-2-3-5-11(10)7-12/h2-5,9,12H,6-8H2,1H3. The SMILES string of the molecule is Cn1ncnc1CC(=O)C1Cc2ccccc2C1. The lowest BCUT2D eigenvalue weighted by Crippen LogP contribution is -2.19. The topological polar surface area (TPSA) is 47.8 Å². The Balaban J connectivity index is 1.71. The Morgan fingerprint density at radius 3 is 2.56 bits per heavy atom. The highest BCUT2D eigenvalue weighted by Gasteiger charge is 2.27. The molecule has 4 heteroatoms. The van der Waals surface area contributed by atoms with Gasteiger partial charge in [0.25, 0.3) is 0 Å². The van der Waals surface area contributed by atoms with E-state index in [1.807, 2.05) is 19.2 Å². The van der Waals surface area contributed by atoms with E-state index >= 15 is 0 Å². The summed E-state index contributed by atoms with van der Waals surface area (Å²) < 4.78 is 1.67. The molecule has 1 aromatic carbocycles.